The molecule has 0 fully saturated rings. The fraction of sp³-hybridized carbons (Fsp3) is 0.357. The van der Waals surface area contributed by atoms with Gasteiger partial charge in [-0.1, -0.05) is 6.92 Å². The van der Waals surface area contributed by atoms with E-state index in [1.54, 1.807) is 12.4 Å². The summed E-state index contributed by atoms with van der Waals surface area (Å²) in [6, 6.07) is 3.82. The molecule has 6 heteroatoms. The van der Waals surface area contributed by atoms with Crippen molar-refractivity contribution in [1.29, 1.82) is 0 Å². The fourth-order valence-electron chi connectivity index (χ4n) is 2.08. The van der Waals surface area contributed by atoms with Crippen molar-refractivity contribution >= 4 is 38.6 Å². The molecule has 2 aromatic rings. The van der Waals surface area contributed by atoms with E-state index in [2.05, 4.69) is 25.9 Å². The second-order valence-electron chi connectivity index (χ2n) is 4.66. The van der Waals surface area contributed by atoms with Crippen LogP contribution in [-0.2, 0) is 9.53 Å². The third kappa shape index (κ3) is 3.07. The van der Waals surface area contributed by atoms with Crippen molar-refractivity contribution < 1.29 is 9.53 Å². The van der Waals surface area contributed by atoms with Crippen molar-refractivity contribution in [2.45, 2.75) is 6.92 Å². The molecule has 0 aliphatic carbocycles. The van der Waals surface area contributed by atoms with Crippen LogP contribution in [0.1, 0.15) is 6.92 Å². The van der Waals surface area contributed by atoms with Crippen LogP contribution in [0, 0.1) is 5.92 Å². The molecule has 0 aromatic carbocycles. The number of halogens is 1. The lowest BCUT2D eigenvalue weighted by molar-refractivity contribution is -0.144. The van der Waals surface area contributed by atoms with Gasteiger partial charge in [-0.15, -0.1) is 0 Å². The number of hydrogen-bond donors (Lipinski definition) is 0. The van der Waals surface area contributed by atoms with E-state index in [1.807, 2.05) is 31.0 Å². The molecule has 20 heavy (non-hydrogen) atoms. The molecule has 5 nitrogen and oxygen atoms in total. The quantitative estimate of drug-likeness (QED) is 0.802. The Morgan fingerprint density at radius 1 is 1.50 bits per heavy atom. The second-order valence-corrected chi connectivity index (χ2v) is 5.57. The maximum atomic E-state index is 11.5. The molecule has 0 saturated heterocycles. The molecule has 2 heterocycles. The summed E-state index contributed by atoms with van der Waals surface area (Å²) in [7, 11) is 3.33. The molecule has 0 bridgehead atoms. The first-order chi connectivity index (χ1) is 9.52. The molecule has 0 radical (unpaired) electrons. The highest BCUT2D eigenvalue weighted by Crippen LogP contribution is 2.25. The first kappa shape index (κ1) is 14.7. The molecule has 1 atom stereocenters. The molecule has 0 spiro atoms. The zero-order valence-electron chi connectivity index (χ0n) is 11.6. The van der Waals surface area contributed by atoms with Gasteiger partial charge in [0.2, 0.25) is 0 Å². The minimum Gasteiger partial charge on any atom is -0.469 e. The van der Waals surface area contributed by atoms with Gasteiger partial charge in [0, 0.05) is 30.5 Å². The number of esters is 1. The number of ether oxygens (including phenoxy) is 1. The number of hydrogen-bond acceptors (Lipinski definition) is 5. The fourth-order valence-corrected chi connectivity index (χ4v) is 2.40. The summed E-state index contributed by atoms with van der Waals surface area (Å²) in [5.74, 6) is -0.422. The SMILES string of the molecule is COC(=O)C(C)CN(C)c1ccnc2cc(Br)cnc12. The van der Waals surface area contributed by atoms with Crippen molar-refractivity contribution in [3.63, 3.8) is 0 Å². The first-order valence-corrected chi connectivity index (χ1v) is 7.01. The van der Waals surface area contributed by atoms with Crippen molar-refractivity contribution in [3.8, 4) is 0 Å². The summed E-state index contributed by atoms with van der Waals surface area (Å²) in [4.78, 5) is 22.2. The number of aromatic nitrogens is 2. The van der Waals surface area contributed by atoms with Gasteiger partial charge in [0.25, 0.3) is 0 Å². The van der Waals surface area contributed by atoms with E-state index >= 15 is 0 Å². The Labute approximate surface area is 126 Å². The third-order valence-electron chi connectivity index (χ3n) is 3.09. The van der Waals surface area contributed by atoms with Crippen molar-refractivity contribution in [3.05, 3.63) is 29.0 Å². The number of methoxy groups -OCH3 is 1. The number of fused-ring (bicyclic) bond motifs is 1. The molecule has 0 aliphatic rings. The Morgan fingerprint density at radius 2 is 2.25 bits per heavy atom. The van der Waals surface area contributed by atoms with Gasteiger partial charge in [0.05, 0.1) is 24.2 Å². The van der Waals surface area contributed by atoms with E-state index in [9.17, 15) is 4.79 Å². The topological polar surface area (TPSA) is 55.3 Å². The Bertz CT molecular complexity index is 633. The zero-order chi connectivity index (χ0) is 14.7. The summed E-state index contributed by atoms with van der Waals surface area (Å²) < 4.78 is 5.64. The lowest BCUT2D eigenvalue weighted by atomic mass is 10.1. The van der Waals surface area contributed by atoms with Crippen LogP contribution < -0.4 is 4.90 Å². The van der Waals surface area contributed by atoms with E-state index in [-0.39, 0.29) is 11.9 Å². The van der Waals surface area contributed by atoms with E-state index in [1.165, 1.54) is 7.11 Å². The number of rotatable bonds is 4. The smallest absolute Gasteiger partial charge is 0.310 e. The highest BCUT2D eigenvalue weighted by molar-refractivity contribution is 9.10. The van der Waals surface area contributed by atoms with Crippen LogP contribution >= 0.6 is 15.9 Å². The highest BCUT2D eigenvalue weighted by Gasteiger charge is 2.17. The van der Waals surface area contributed by atoms with Gasteiger partial charge in [0.15, 0.2) is 0 Å². The average Bonchev–Trinajstić information content (AvgIpc) is 2.45. The Kier molecular flexibility index (Phi) is 4.54. The standard InChI is InChI=1S/C14H16BrN3O2/c1-9(14(19)20-3)8-18(2)12-4-5-16-11-6-10(15)7-17-13(11)12/h4-7,9H,8H2,1-3H3. The van der Waals surface area contributed by atoms with Gasteiger partial charge in [0.1, 0.15) is 5.52 Å². The number of carbonyl (C=O) groups is 1. The minimum atomic E-state index is -0.217. The normalized spacial score (nSPS) is 12.2. The van der Waals surface area contributed by atoms with Crippen molar-refractivity contribution in [2.24, 2.45) is 5.92 Å². The largest absolute Gasteiger partial charge is 0.469 e. The molecule has 2 rings (SSSR count). The van der Waals surface area contributed by atoms with Gasteiger partial charge in [-0.2, -0.15) is 0 Å². The summed E-state index contributed by atoms with van der Waals surface area (Å²) in [5.41, 5.74) is 2.57. The van der Waals surface area contributed by atoms with Crippen LogP contribution in [0.4, 0.5) is 5.69 Å². The van der Waals surface area contributed by atoms with Gasteiger partial charge in [-0.25, -0.2) is 0 Å². The molecule has 0 aliphatic heterocycles. The number of carbonyl (C=O) groups excluding carboxylic acids is 1. The molecule has 1 unspecified atom stereocenters. The van der Waals surface area contributed by atoms with E-state index < -0.39 is 0 Å². The Balaban J connectivity index is 2.30. The molecule has 0 saturated carbocycles. The monoisotopic (exact) mass is 337 g/mol. The summed E-state index contributed by atoms with van der Waals surface area (Å²) in [6.07, 6.45) is 3.48. The first-order valence-electron chi connectivity index (χ1n) is 6.22. The van der Waals surface area contributed by atoms with Crippen LogP contribution in [-0.4, -0.2) is 36.6 Å². The van der Waals surface area contributed by atoms with Crippen LogP contribution in [0.2, 0.25) is 0 Å². The van der Waals surface area contributed by atoms with Crippen LogP contribution in [0.3, 0.4) is 0 Å². The van der Waals surface area contributed by atoms with E-state index in [4.69, 9.17) is 4.74 Å². The predicted molar refractivity (Wildman–Crippen MR) is 81.7 cm³/mol. The minimum absolute atomic E-state index is 0.205. The van der Waals surface area contributed by atoms with Gasteiger partial charge in [-0.05, 0) is 28.1 Å². The number of anilines is 1. The lowest BCUT2D eigenvalue weighted by Gasteiger charge is -2.23. The molecular weight excluding hydrogens is 322 g/mol. The Hall–Kier alpha value is -1.69. The van der Waals surface area contributed by atoms with Crippen LogP contribution in [0.5, 0.6) is 0 Å². The molecule has 0 amide bonds. The summed E-state index contributed by atoms with van der Waals surface area (Å²) >= 11 is 3.39. The van der Waals surface area contributed by atoms with Crippen LogP contribution in [0.15, 0.2) is 29.0 Å². The number of pyridine rings is 2. The van der Waals surface area contributed by atoms with E-state index in [0.717, 1.165) is 21.2 Å². The van der Waals surface area contributed by atoms with E-state index in [0.29, 0.717) is 6.54 Å². The molecule has 106 valence electrons. The van der Waals surface area contributed by atoms with Crippen LogP contribution in [0.25, 0.3) is 11.0 Å². The van der Waals surface area contributed by atoms with Crippen molar-refractivity contribution in [1.82, 2.24) is 9.97 Å². The van der Waals surface area contributed by atoms with Gasteiger partial charge in [-0.3, -0.25) is 14.8 Å². The predicted octanol–water partition coefficient (Wildman–Crippen LogP) is 2.64. The van der Waals surface area contributed by atoms with Gasteiger partial charge < -0.3 is 9.64 Å². The van der Waals surface area contributed by atoms with Crippen molar-refractivity contribution in [2.75, 3.05) is 25.6 Å². The summed E-state index contributed by atoms with van der Waals surface area (Å²) in [5, 5.41) is 0. The lowest BCUT2D eigenvalue weighted by Crippen LogP contribution is -2.29. The average molecular weight is 338 g/mol. The summed E-state index contributed by atoms with van der Waals surface area (Å²) in [6.45, 7) is 2.40. The number of nitrogens with zero attached hydrogens (tertiary/aromatic N) is 3. The maximum Gasteiger partial charge on any atom is 0.310 e. The second kappa shape index (κ2) is 6.17. The molecular formula is C14H16BrN3O2. The maximum absolute atomic E-state index is 11.5. The third-order valence-corrected chi connectivity index (χ3v) is 3.52. The Morgan fingerprint density at radius 3 is 2.95 bits per heavy atom. The molecule has 2 aromatic heterocycles. The van der Waals surface area contributed by atoms with Gasteiger partial charge >= 0.3 is 5.97 Å². The highest BCUT2D eigenvalue weighted by atomic mass is 79.9. The zero-order valence-corrected chi connectivity index (χ0v) is 13.2. The molecule has 0 N–H and O–H groups in total.